The zero-order chi connectivity index (χ0) is 15.0. The van der Waals surface area contributed by atoms with E-state index in [0.29, 0.717) is 5.69 Å². The van der Waals surface area contributed by atoms with Crippen molar-refractivity contribution in [1.82, 2.24) is 9.13 Å². The number of hydrogen-bond acceptors (Lipinski definition) is 4. The number of aryl methyl sites for hydroxylation is 2. The van der Waals surface area contributed by atoms with Gasteiger partial charge in [0.15, 0.2) is 11.4 Å². The monoisotopic (exact) mass is 278 g/mol. The third-order valence-electron chi connectivity index (χ3n) is 2.88. The van der Waals surface area contributed by atoms with Gasteiger partial charge in [0.25, 0.3) is 5.91 Å². The molecule has 2 heterocycles. The molecule has 5 N–H and O–H groups in total. The fourth-order valence-corrected chi connectivity index (χ4v) is 1.94. The molecule has 0 atom stereocenters. The lowest BCUT2D eigenvalue weighted by atomic mass is 10.3. The second kappa shape index (κ2) is 4.65. The van der Waals surface area contributed by atoms with Gasteiger partial charge in [-0.1, -0.05) is 0 Å². The highest BCUT2D eigenvalue weighted by atomic mass is 16.4. The highest BCUT2D eigenvalue weighted by molar-refractivity contribution is 6.06. The summed E-state index contributed by atoms with van der Waals surface area (Å²) in [5.74, 6) is -1.98. The molecular formula is C12H14N4O4. The number of nitrogen functional groups attached to an aromatic ring is 1. The van der Waals surface area contributed by atoms with E-state index >= 15 is 0 Å². The number of aromatic hydroxyl groups is 1. The fraction of sp³-hybridized carbons (Fsp3) is 0.167. The van der Waals surface area contributed by atoms with Crippen LogP contribution in [0.3, 0.4) is 0 Å². The van der Waals surface area contributed by atoms with E-state index in [1.165, 1.54) is 27.6 Å². The summed E-state index contributed by atoms with van der Waals surface area (Å²) in [4.78, 5) is 23.0. The number of carbonyl (C=O) groups is 2. The van der Waals surface area contributed by atoms with Crippen LogP contribution in [0.1, 0.15) is 21.0 Å². The van der Waals surface area contributed by atoms with Crippen molar-refractivity contribution < 1.29 is 19.8 Å². The van der Waals surface area contributed by atoms with Gasteiger partial charge in [-0.05, 0) is 6.07 Å². The molecule has 8 heteroatoms. The lowest BCUT2D eigenvalue weighted by Gasteiger charge is -2.04. The third kappa shape index (κ3) is 2.18. The van der Waals surface area contributed by atoms with E-state index < -0.39 is 11.9 Å². The van der Waals surface area contributed by atoms with Crippen molar-refractivity contribution in [2.24, 2.45) is 14.1 Å². The summed E-state index contributed by atoms with van der Waals surface area (Å²) in [6.07, 6.45) is 2.88. The number of hydrogen-bond donors (Lipinski definition) is 4. The average molecular weight is 278 g/mol. The number of amides is 1. The quantitative estimate of drug-likeness (QED) is 0.655. The second-order valence-corrected chi connectivity index (χ2v) is 4.38. The Morgan fingerprint density at radius 1 is 1.25 bits per heavy atom. The van der Waals surface area contributed by atoms with Crippen molar-refractivity contribution in [1.29, 1.82) is 0 Å². The summed E-state index contributed by atoms with van der Waals surface area (Å²) < 4.78 is 2.76. The molecule has 1 amide bonds. The van der Waals surface area contributed by atoms with Crippen molar-refractivity contribution in [2.45, 2.75) is 0 Å². The van der Waals surface area contributed by atoms with Crippen LogP contribution in [0.25, 0.3) is 0 Å². The molecular weight excluding hydrogens is 264 g/mol. The van der Waals surface area contributed by atoms with E-state index in [1.807, 2.05) is 0 Å². The number of carbonyl (C=O) groups excluding carboxylic acids is 1. The molecule has 106 valence electrons. The zero-order valence-corrected chi connectivity index (χ0v) is 10.9. The average Bonchev–Trinajstić information content (AvgIpc) is 2.80. The Bertz CT molecular complexity index is 699. The molecule has 20 heavy (non-hydrogen) atoms. The van der Waals surface area contributed by atoms with Gasteiger partial charge in [0, 0.05) is 26.5 Å². The molecule has 0 aliphatic rings. The molecule has 0 aromatic carbocycles. The summed E-state index contributed by atoms with van der Waals surface area (Å²) >= 11 is 0. The van der Waals surface area contributed by atoms with E-state index in [9.17, 15) is 14.7 Å². The summed E-state index contributed by atoms with van der Waals surface area (Å²) in [6.45, 7) is 0. The maximum absolute atomic E-state index is 12.1. The van der Waals surface area contributed by atoms with Gasteiger partial charge < -0.3 is 30.4 Å². The van der Waals surface area contributed by atoms with Gasteiger partial charge in [-0.3, -0.25) is 4.79 Å². The number of nitrogens with one attached hydrogen (secondary N) is 1. The molecule has 2 aromatic heterocycles. The van der Waals surface area contributed by atoms with Gasteiger partial charge in [0.2, 0.25) is 0 Å². The largest absolute Gasteiger partial charge is 0.504 e. The Kier molecular flexibility index (Phi) is 3.15. The molecule has 0 aliphatic carbocycles. The SMILES string of the molecule is Cn1cc(NC(=O)c2c(O)c(N)cn2C)cc1C(=O)O. The molecule has 0 bridgehead atoms. The number of anilines is 2. The number of carboxylic acid groups (broad SMARTS) is 1. The summed E-state index contributed by atoms with van der Waals surface area (Å²) in [7, 11) is 3.12. The van der Waals surface area contributed by atoms with Crippen LogP contribution in [0.15, 0.2) is 18.5 Å². The van der Waals surface area contributed by atoms with Crippen molar-refractivity contribution in [3.63, 3.8) is 0 Å². The standard InChI is InChI=1S/C12H14N4O4/c1-15-4-6(3-8(15)12(19)20)14-11(18)9-10(17)7(13)5-16(9)2/h3-5,17H,13H2,1-2H3,(H,14,18)(H,19,20). The number of aromatic carboxylic acids is 1. The maximum atomic E-state index is 12.1. The van der Waals surface area contributed by atoms with Gasteiger partial charge in [-0.15, -0.1) is 0 Å². The normalized spacial score (nSPS) is 10.5. The summed E-state index contributed by atoms with van der Waals surface area (Å²) in [6, 6.07) is 1.32. The molecule has 0 unspecified atom stereocenters. The van der Waals surface area contributed by atoms with Crippen LogP contribution < -0.4 is 11.1 Å². The van der Waals surface area contributed by atoms with Gasteiger partial charge in [-0.25, -0.2) is 4.79 Å². The minimum absolute atomic E-state index is 0.00299. The highest BCUT2D eigenvalue weighted by Crippen LogP contribution is 2.27. The van der Waals surface area contributed by atoms with E-state index in [4.69, 9.17) is 10.8 Å². The number of rotatable bonds is 3. The van der Waals surface area contributed by atoms with E-state index in [1.54, 1.807) is 14.1 Å². The van der Waals surface area contributed by atoms with E-state index in [2.05, 4.69) is 5.32 Å². The Balaban J connectivity index is 2.28. The first-order chi connectivity index (χ1) is 9.31. The number of nitrogens with zero attached hydrogens (tertiary/aromatic N) is 2. The molecule has 0 fully saturated rings. The molecule has 0 spiro atoms. The first kappa shape index (κ1) is 13.5. The molecule has 0 saturated carbocycles. The molecule has 0 aliphatic heterocycles. The molecule has 8 nitrogen and oxygen atoms in total. The number of carboxylic acids is 1. The lowest BCUT2D eigenvalue weighted by molar-refractivity contribution is 0.0686. The van der Waals surface area contributed by atoms with Crippen LogP contribution in [-0.4, -0.2) is 31.2 Å². The Morgan fingerprint density at radius 3 is 2.35 bits per heavy atom. The van der Waals surface area contributed by atoms with E-state index in [-0.39, 0.29) is 22.8 Å². The van der Waals surface area contributed by atoms with Crippen LogP contribution in [-0.2, 0) is 14.1 Å². The maximum Gasteiger partial charge on any atom is 0.352 e. The second-order valence-electron chi connectivity index (χ2n) is 4.38. The highest BCUT2D eigenvalue weighted by Gasteiger charge is 2.20. The van der Waals surface area contributed by atoms with Crippen molar-refractivity contribution in [3.05, 3.63) is 29.8 Å². The van der Waals surface area contributed by atoms with Crippen LogP contribution in [0.5, 0.6) is 5.75 Å². The van der Waals surface area contributed by atoms with Gasteiger partial charge in [0.05, 0.1) is 11.4 Å². The predicted octanol–water partition coefficient (Wildman–Crippen LogP) is 0.602. The third-order valence-corrected chi connectivity index (χ3v) is 2.88. The molecule has 0 saturated heterocycles. The smallest absolute Gasteiger partial charge is 0.352 e. The van der Waals surface area contributed by atoms with Crippen LogP contribution in [0.2, 0.25) is 0 Å². The Hall–Kier alpha value is -2.90. The predicted molar refractivity (Wildman–Crippen MR) is 71.8 cm³/mol. The van der Waals surface area contributed by atoms with Gasteiger partial charge in [0.1, 0.15) is 5.69 Å². The van der Waals surface area contributed by atoms with Gasteiger partial charge in [-0.2, -0.15) is 0 Å². The Labute approximate surface area is 114 Å². The van der Waals surface area contributed by atoms with Crippen LogP contribution in [0.4, 0.5) is 11.4 Å². The summed E-state index contributed by atoms with van der Waals surface area (Å²) in [5.41, 5.74) is 5.96. The number of aromatic nitrogens is 2. The Morgan fingerprint density at radius 2 is 1.90 bits per heavy atom. The molecule has 2 aromatic rings. The van der Waals surface area contributed by atoms with Crippen LogP contribution in [0, 0.1) is 0 Å². The van der Waals surface area contributed by atoms with E-state index in [0.717, 1.165) is 0 Å². The first-order valence-corrected chi connectivity index (χ1v) is 5.66. The van der Waals surface area contributed by atoms with Crippen LogP contribution >= 0.6 is 0 Å². The lowest BCUT2D eigenvalue weighted by Crippen LogP contribution is -2.15. The topological polar surface area (TPSA) is 123 Å². The zero-order valence-electron chi connectivity index (χ0n) is 10.9. The number of nitrogens with two attached hydrogens (primary N) is 1. The molecule has 0 radical (unpaired) electrons. The minimum atomic E-state index is -1.10. The van der Waals surface area contributed by atoms with Crippen molar-refractivity contribution >= 4 is 23.3 Å². The molecule has 2 rings (SSSR count). The first-order valence-electron chi connectivity index (χ1n) is 5.66. The van der Waals surface area contributed by atoms with Gasteiger partial charge >= 0.3 is 5.97 Å². The fourth-order valence-electron chi connectivity index (χ4n) is 1.94. The van der Waals surface area contributed by atoms with Crippen molar-refractivity contribution in [2.75, 3.05) is 11.1 Å². The van der Waals surface area contributed by atoms with Crippen molar-refractivity contribution in [3.8, 4) is 5.75 Å². The summed E-state index contributed by atoms with van der Waals surface area (Å²) in [5, 5.41) is 21.1. The minimum Gasteiger partial charge on any atom is -0.504 e.